The van der Waals surface area contributed by atoms with Crippen LogP contribution in [0, 0.1) is 0 Å². The molecule has 0 radical (unpaired) electrons. The Morgan fingerprint density at radius 1 is 0.944 bits per heavy atom. The molecular weight excluding hydrogens is 234 g/mol. The third kappa shape index (κ3) is 8.84. The van der Waals surface area contributed by atoms with Crippen molar-refractivity contribution in [3.8, 4) is 0 Å². The Hall–Kier alpha value is -1.26. The molecule has 0 rings (SSSR count). The molecule has 5 heteroatoms. The summed E-state index contributed by atoms with van der Waals surface area (Å²) >= 11 is 0. The van der Waals surface area contributed by atoms with Crippen molar-refractivity contribution in [2.75, 3.05) is 26.8 Å². The number of ether oxygens (including phenoxy) is 2. The Labute approximate surface area is 109 Å². The van der Waals surface area contributed by atoms with E-state index >= 15 is 0 Å². The van der Waals surface area contributed by atoms with E-state index in [2.05, 4.69) is 6.92 Å². The first-order chi connectivity index (χ1) is 8.61. The van der Waals surface area contributed by atoms with Gasteiger partial charge in [-0.2, -0.15) is 0 Å². The molecular formula is C13H25NO4. The maximum Gasteiger partial charge on any atom is 0.410 e. The molecule has 0 N–H and O–H groups in total. The lowest BCUT2D eigenvalue weighted by Crippen LogP contribution is -2.33. The summed E-state index contributed by atoms with van der Waals surface area (Å²) in [5, 5.41) is 0. The molecule has 106 valence electrons. The Balaban J connectivity index is 3.63. The Bertz CT molecular complexity index is 243. The molecule has 0 bridgehead atoms. The quantitative estimate of drug-likeness (QED) is 0.472. The van der Waals surface area contributed by atoms with Gasteiger partial charge in [-0.3, -0.25) is 4.79 Å². The lowest BCUT2D eigenvalue weighted by atomic mass is 10.2. The van der Waals surface area contributed by atoms with Crippen molar-refractivity contribution in [1.29, 1.82) is 0 Å². The van der Waals surface area contributed by atoms with Crippen LogP contribution in [0.25, 0.3) is 0 Å². The number of hydrogen-bond acceptors (Lipinski definition) is 4. The summed E-state index contributed by atoms with van der Waals surface area (Å²) in [5.41, 5.74) is 0. The first kappa shape index (κ1) is 16.7. The van der Waals surface area contributed by atoms with Gasteiger partial charge < -0.3 is 14.4 Å². The highest BCUT2D eigenvalue weighted by Gasteiger charge is 2.14. The zero-order valence-electron chi connectivity index (χ0n) is 11.7. The highest BCUT2D eigenvalue weighted by atomic mass is 16.6. The minimum atomic E-state index is -0.486. The van der Waals surface area contributed by atoms with E-state index in [0.717, 1.165) is 32.1 Å². The Morgan fingerprint density at radius 2 is 1.67 bits per heavy atom. The molecule has 0 atom stereocenters. The van der Waals surface area contributed by atoms with Gasteiger partial charge in [-0.1, -0.05) is 33.1 Å². The largest absolute Gasteiger partial charge is 0.464 e. The van der Waals surface area contributed by atoms with Gasteiger partial charge in [-0.05, 0) is 12.8 Å². The summed E-state index contributed by atoms with van der Waals surface area (Å²) in [7, 11) is 1.52. The van der Waals surface area contributed by atoms with Crippen LogP contribution in [-0.4, -0.2) is 43.8 Å². The standard InChI is InChI=1S/C13H25NO4/c1-4-6-7-8-10-17-12(15)11-14(3)13(16)18-9-5-2/h4-11H2,1-3H3. The molecule has 0 saturated carbocycles. The summed E-state index contributed by atoms with van der Waals surface area (Å²) in [6.45, 7) is 4.78. The predicted octanol–water partition coefficient (Wildman–Crippen LogP) is 2.59. The smallest absolute Gasteiger partial charge is 0.410 e. The lowest BCUT2D eigenvalue weighted by Gasteiger charge is -2.15. The van der Waals surface area contributed by atoms with Gasteiger partial charge in [0.1, 0.15) is 6.54 Å². The predicted molar refractivity (Wildman–Crippen MR) is 69.4 cm³/mol. The number of esters is 1. The van der Waals surface area contributed by atoms with E-state index < -0.39 is 6.09 Å². The number of amides is 1. The first-order valence-electron chi connectivity index (χ1n) is 6.65. The average Bonchev–Trinajstić information content (AvgIpc) is 2.35. The van der Waals surface area contributed by atoms with Crippen LogP contribution in [0.2, 0.25) is 0 Å². The zero-order valence-corrected chi connectivity index (χ0v) is 11.7. The maximum atomic E-state index is 11.4. The number of likely N-dealkylation sites (N-methyl/N-ethyl adjacent to an activating group) is 1. The molecule has 0 heterocycles. The second-order valence-electron chi connectivity index (χ2n) is 4.25. The molecule has 0 spiro atoms. The highest BCUT2D eigenvalue weighted by Crippen LogP contribution is 1.99. The second kappa shape index (κ2) is 10.9. The SMILES string of the molecule is CCCCCCOC(=O)CN(C)C(=O)OCCC. The minimum Gasteiger partial charge on any atom is -0.464 e. The van der Waals surface area contributed by atoms with Crippen molar-refractivity contribution in [2.45, 2.75) is 46.0 Å². The Morgan fingerprint density at radius 3 is 2.28 bits per heavy atom. The van der Waals surface area contributed by atoms with Crippen LogP contribution in [0.1, 0.15) is 46.0 Å². The van der Waals surface area contributed by atoms with E-state index in [4.69, 9.17) is 9.47 Å². The maximum absolute atomic E-state index is 11.4. The fourth-order valence-electron chi connectivity index (χ4n) is 1.32. The third-order valence-electron chi connectivity index (χ3n) is 2.37. The summed E-state index contributed by atoms with van der Waals surface area (Å²) in [6, 6.07) is 0. The molecule has 0 aromatic carbocycles. The van der Waals surface area contributed by atoms with Crippen LogP contribution in [0.3, 0.4) is 0 Å². The zero-order chi connectivity index (χ0) is 13.8. The molecule has 18 heavy (non-hydrogen) atoms. The Kier molecular flexibility index (Phi) is 10.1. The molecule has 0 aliphatic heterocycles. The van der Waals surface area contributed by atoms with Crippen molar-refractivity contribution in [3.05, 3.63) is 0 Å². The second-order valence-corrected chi connectivity index (χ2v) is 4.25. The van der Waals surface area contributed by atoms with E-state index in [-0.39, 0.29) is 12.5 Å². The monoisotopic (exact) mass is 259 g/mol. The number of nitrogens with zero attached hydrogens (tertiary/aromatic N) is 1. The fraction of sp³-hybridized carbons (Fsp3) is 0.846. The van der Waals surface area contributed by atoms with Crippen LogP contribution < -0.4 is 0 Å². The van der Waals surface area contributed by atoms with Crippen LogP contribution in [0.4, 0.5) is 4.79 Å². The molecule has 0 aliphatic rings. The van der Waals surface area contributed by atoms with Gasteiger partial charge in [0.25, 0.3) is 0 Å². The molecule has 0 aliphatic carbocycles. The van der Waals surface area contributed by atoms with Gasteiger partial charge in [-0.25, -0.2) is 4.79 Å². The summed E-state index contributed by atoms with van der Waals surface area (Å²) in [6.07, 6.45) is 4.53. The normalized spacial score (nSPS) is 9.94. The summed E-state index contributed by atoms with van der Waals surface area (Å²) < 4.78 is 9.92. The fourth-order valence-corrected chi connectivity index (χ4v) is 1.32. The van der Waals surface area contributed by atoms with Crippen molar-refractivity contribution in [3.63, 3.8) is 0 Å². The van der Waals surface area contributed by atoms with Gasteiger partial charge in [0, 0.05) is 7.05 Å². The number of hydrogen-bond donors (Lipinski definition) is 0. The van der Waals surface area contributed by atoms with E-state index in [9.17, 15) is 9.59 Å². The molecule has 0 aromatic heterocycles. The molecule has 0 saturated heterocycles. The molecule has 1 amide bonds. The average molecular weight is 259 g/mol. The molecule has 0 unspecified atom stereocenters. The van der Waals surface area contributed by atoms with Gasteiger partial charge in [0.2, 0.25) is 0 Å². The van der Waals surface area contributed by atoms with Crippen molar-refractivity contribution in [1.82, 2.24) is 4.90 Å². The van der Waals surface area contributed by atoms with E-state index in [1.165, 1.54) is 11.9 Å². The van der Waals surface area contributed by atoms with Crippen LogP contribution in [0.15, 0.2) is 0 Å². The van der Waals surface area contributed by atoms with Crippen molar-refractivity contribution in [2.24, 2.45) is 0 Å². The van der Waals surface area contributed by atoms with Gasteiger partial charge in [0.05, 0.1) is 13.2 Å². The topological polar surface area (TPSA) is 55.8 Å². The number of unbranched alkanes of at least 4 members (excludes halogenated alkanes) is 3. The van der Waals surface area contributed by atoms with E-state index in [1.807, 2.05) is 6.92 Å². The minimum absolute atomic E-state index is 0.0592. The number of carbonyl (C=O) groups is 2. The number of carbonyl (C=O) groups excluding carboxylic acids is 2. The third-order valence-corrected chi connectivity index (χ3v) is 2.37. The van der Waals surface area contributed by atoms with Gasteiger partial charge >= 0.3 is 12.1 Å². The molecule has 0 aromatic rings. The van der Waals surface area contributed by atoms with Crippen LogP contribution >= 0.6 is 0 Å². The summed E-state index contributed by atoms with van der Waals surface area (Å²) in [5.74, 6) is -0.387. The van der Waals surface area contributed by atoms with E-state index in [1.54, 1.807) is 0 Å². The van der Waals surface area contributed by atoms with Crippen molar-refractivity contribution >= 4 is 12.1 Å². The van der Waals surface area contributed by atoms with Crippen LogP contribution in [-0.2, 0) is 14.3 Å². The highest BCUT2D eigenvalue weighted by molar-refractivity contribution is 5.77. The van der Waals surface area contributed by atoms with Gasteiger partial charge in [-0.15, -0.1) is 0 Å². The molecule has 0 fully saturated rings. The van der Waals surface area contributed by atoms with Gasteiger partial charge in [0.15, 0.2) is 0 Å². The number of rotatable bonds is 9. The molecule has 5 nitrogen and oxygen atoms in total. The first-order valence-corrected chi connectivity index (χ1v) is 6.65. The lowest BCUT2D eigenvalue weighted by molar-refractivity contribution is -0.144. The van der Waals surface area contributed by atoms with E-state index in [0.29, 0.717) is 13.2 Å². The summed E-state index contributed by atoms with van der Waals surface area (Å²) in [4.78, 5) is 24.0. The van der Waals surface area contributed by atoms with Crippen LogP contribution in [0.5, 0.6) is 0 Å². The van der Waals surface area contributed by atoms with Crippen molar-refractivity contribution < 1.29 is 19.1 Å².